The summed E-state index contributed by atoms with van der Waals surface area (Å²) in [6.07, 6.45) is 0. The molecule has 26 heavy (non-hydrogen) atoms. The molecule has 0 saturated carbocycles. The van der Waals surface area contributed by atoms with E-state index in [1.807, 2.05) is 0 Å². The summed E-state index contributed by atoms with van der Waals surface area (Å²) in [6.45, 7) is 1.56. The number of nitrogens with one attached hydrogen (secondary N) is 2. The fourth-order valence-corrected chi connectivity index (χ4v) is 2.78. The van der Waals surface area contributed by atoms with Gasteiger partial charge in [-0.25, -0.2) is 4.79 Å². The molecule has 0 aliphatic carbocycles. The summed E-state index contributed by atoms with van der Waals surface area (Å²) in [5.74, 6) is -1.71. The highest BCUT2D eigenvalue weighted by molar-refractivity contribution is 9.10. The van der Waals surface area contributed by atoms with Crippen molar-refractivity contribution in [2.45, 2.75) is 6.92 Å². The van der Waals surface area contributed by atoms with Gasteiger partial charge in [0.1, 0.15) is 17.1 Å². The Morgan fingerprint density at radius 2 is 1.88 bits per heavy atom. The Morgan fingerprint density at radius 1 is 1.19 bits per heavy atom. The van der Waals surface area contributed by atoms with Gasteiger partial charge >= 0.3 is 5.97 Å². The number of phenols is 1. The molecule has 0 bridgehead atoms. The first-order chi connectivity index (χ1) is 12.2. The number of ether oxygens (including phenoxy) is 1. The van der Waals surface area contributed by atoms with E-state index in [0.29, 0.717) is 21.5 Å². The van der Waals surface area contributed by atoms with Gasteiger partial charge in [0.05, 0.1) is 12.7 Å². The van der Waals surface area contributed by atoms with E-state index in [9.17, 15) is 14.7 Å². The van der Waals surface area contributed by atoms with Crippen molar-refractivity contribution in [3.63, 3.8) is 0 Å². The van der Waals surface area contributed by atoms with Gasteiger partial charge in [0.2, 0.25) is 0 Å². The number of amides is 1. The molecule has 136 valence electrons. The lowest BCUT2D eigenvalue weighted by Crippen LogP contribution is -2.34. The van der Waals surface area contributed by atoms with Gasteiger partial charge < -0.3 is 20.3 Å². The van der Waals surface area contributed by atoms with E-state index in [4.69, 9.17) is 22.1 Å². The Kier molecular flexibility index (Phi) is 6.17. The number of halogens is 1. The summed E-state index contributed by atoms with van der Waals surface area (Å²) in [4.78, 5) is 23.6. The molecule has 0 aliphatic heterocycles. The fraction of sp³-hybridized carbons (Fsp3) is 0.118. The summed E-state index contributed by atoms with van der Waals surface area (Å²) in [6, 6.07) is 7.70. The summed E-state index contributed by atoms with van der Waals surface area (Å²) in [5.41, 5.74) is 0.689. The first kappa shape index (κ1) is 19.7. The van der Waals surface area contributed by atoms with Gasteiger partial charge in [0, 0.05) is 10.2 Å². The van der Waals surface area contributed by atoms with E-state index in [1.165, 1.54) is 19.2 Å². The van der Waals surface area contributed by atoms with Crippen LogP contribution in [0.1, 0.15) is 26.3 Å². The van der Waals surface area contributed by atoms with Crippen LogP contribution in [0.3, 0.4) is 0 Å². The molecule has 0 saturated heterocycles. The van der Waals surface area contributed by atoms with Crippen molar-refractivity contribution >= 4 is 50.8 Å². The van der Waals surface area contributed by atoms with Crippen LogP contribution in [0.25, 0.3) is 0 Å². The van der Waals surface area contributed by atoms with Crippen LogP contribution in [0.4, 0.5) is 5.69 Å². The molecule has 7 nitrogen and oxygen atoms in total. The number of hydrogen-bond donors (Lipinski definition) is 4. The number of rotatable bonds is 4. The van der Waals surface area contributed by atoms with Crippen molar-refractivity contribution in [3.8, 4) is 11.5 Å². The molecule has 1 amide bonds. The van der Waals surface area contributed by atoms with Crippen LogP contribution in [0.2, 0.25) is 0 Å². The van der Waals surface area contributed by atoms with E-state index in [1.54, 1.807) is 25.1 Å². The highest BCUT2D eigenvalue weighted by Crippen LogP contribution is 2.27. The second-order valence-electron chi connectivity index (χ2n) is 5.25. The highest BCUT2D eigenvalue weighted by atomic mass is 79.9. The number of aromatic carboxylic acids is 1. The molecule has 9 heteroatoms. The standard InChI is InChI=1S/C17H15BrN2O5S/c1-8-5-10(7-12(14(8)21)16(23)24)19-17(26)20-15(22)11-6-9(18)3-4-13(11)25-2/h3-7,21H,1-2H3,(H,23,24)(H2,19,20,22,26). The monoisotopic (exact) mass is 438 g/mol. The van der Waals surface area contributed by atoms with Crippen LogP contribution in [-0.2, 0) is 0 Å². The fourth-order valence-electron chi connectivity index (χ4n) is 2.21. The van der Waals surface area contributed by atoms with Crippen molar-refractivity contribution in [1.82, 2.24) is 5.32 Å². The lowest BCUT2D eigenvalue weighted by molar-refractivity contribution is 0.0693. The maximum absolute atomic E-state index is 12.4. The third-order valence-corrected chi connectivity index (χ3v) is 4.12. The van der Waals surface area contributed by atoms with Crippen LogP contribution >= 0.6 is 28.1 Å². The van der Waals surface area contributed by atoms with Crippen LogP contribution < -0.4 is 15.4 Å². The van der Waals surface area contributed by atoms with Gasteiger partial charge in [-0.3, -0.25) is 10.1 Å². The van der Waals surface area contributed by atoms with Crippen LogP contribution in [-0.4, -0.2) is 34.3 Å². The number of aryl methyl sites for hydroxylation is 1. The van der Waals surface area contributed by atoms with E-state index in [-0.39, 0.29) is 22.0 Å². The van der Waals surface area contributed by atoms with Gasteiger partial charge in [-0.1, -0.05) is 15.9 Å². The SMILES string of the molecule is COc1ccc(Br)cc1C(=O)NC(=S)Nc1cc(C)c(O)c(C(=O)O)c1. The molecule has 0 fully saturated rings. The van der Waals surface area contributed by atoms with Crippen LogP contribution in [0.5, 0.6) is 11.5 Å². The lowest BCUT2D eigenvalue weighted by atomic mass is 10.1. The molecule has 0 heterocycles. The minimum atomic E-state index is -1.27. The summed E-state index contributed by atoms with van der Waals surface area (Å²) in [5, 5.41) is 24.1. The normalized spacial score (nSPS) is 10.1. The van der Waals surface area contributed by atoms with Crippen LogP contribution in [0.15, 0.2) is 34.8 Å². The Balaban J connectivity index is 2.18. The smallest absolute Gasteiger partial charge is 0.339 e. The molecule has 2 aromatic rings. The molecule has 2 aromatic carbocycles. The number of aromatic hydroxyl groups is 1. The maximum Gasteiger partial charge on any atom is 0.339 e. The molecule has 4 N–H and O–H groups in total. The predicted molar refractivity (Wildman–Crippen MR) is 104 cm³/mol. The first-order valence-corrected chi connectivity index (χ1v) is 8.45. The second kappa shape index (κ2) is 8.15. The summed E-state index contributed by atoms with van der Waals surface area (Å²) in [7, 11) is 1.45. The number of carboxylic acid groups (broad SMARTS) is 1. The second-order valence-corrected chi connectivity index (χ2v) is 6.57. The van der Waals surface area contributed by atoms with Crippen molar-refractivity contribution in [3.05, 3.63) is 51.5 Å². The molecule has 2 rings (SSSR count). The molecule has 0 atom stereocenters. The number of benzene rings is 2. The molecule has 0 aliphatic rings. The number of thiocarbonyl (C=S) groups is 1. The topological polar surface area (TPSA) is 108 Å². The number of carbonyl (C=O) groups excluding carboxylic acids is 1. The number of anilines is 1. The van der Waals surface area contributed by atoms with E-state index in [2.05, 4.69) is 26.6 Å². The zero-order chi connectivity index (χ0) is 19.4. The van der Waals surface area contributed by atoms with Crippen molar-refractivity contribution in [2.75, 3.05) is 12.4 Å². The number of hydrogen-bond acceptors (Lipinski definition) is 5. The van der Waals surface area contributed by atoms with Gasteiger partial charge in [-0.05, 0) is 55.0 Å². The quantitative estimate of drug-likeness (QED) is 0.428. The Labute approximate surface area is 163 Å². The van der Waals surface area contributed by atoms with Gasteiger partial charge in [-0.15, -0.1) is 0 Å². The minimum Gasteiger partial charge on any atom is -0.507 e. The van der Waals surface area contributed by atoms with E-state index in [0.717, 1.165) is 0 Å². The van der Waals surface area contributed by atoms with Crippen molar-refractivity contribution in [1.29, 1.82) is 0 Å². The van der Waals surface area contributed by atoms with Gasteiger partial charge in [-0.2, -0.15) is 0 Å². The Morgan fingerprint density at radius 3 is 2.50 bits per heavy atom. The average Bonchev–Trinajstić information content (AvgIpc) is 2.57. The van der Waals surface area contributed by atoms with Crippen LogP contribution in [0, 0.1) is 6.92 Å². The first-order valence-electron chi connectivity index (χ1n) is 7.25. The molecule has 0 unspecified atom stereocenters. The largest absolute Gasteiger partial charge is 0.507 e. The third kappa shape index (κ3) is 4.50. The number of methoxy groups -OCH3 is 1. The van der Waals surface area contributed by atoms with Crippen molar-refractivity contribution < 1.29 is 24.5 Å². The molecular formula is C17H15BrN2O5S. The summed E-state index contributed by atoms with van der Waals surface area (Å²) < 4.78 is 5.85. The predicted octanol–water partition coefficient (Wildman–Crippen LogP) is 3.30. The Hall–Kier alpha value is -2.65. The van der Waals surface area contributed by atoms with Crippen molar-refractivity contribution in [2.24, 2.45) is 0 Å². The Bertz CT molecular complexity index is 901. The molecule has 0 radical (unpaired) electrons. The van der Waals surface area contributed by atoms with E-state index >= 15 is 0 Å². The minimum absolute atomic E-state index is 0.0292. The highest BCUT2D eigenvalue weighted by Gasteiger charge is 2.16. The van der Waals surface area contributed by atoms with Gasteiger partial charge in [0.25, 0.3) is 5.91 Å². The third-order valence-electron chi connectivity index (χ3n) is 3.42. The maximum atomic E-state index is 12.4. The lowest BCUT2D eigenvalue weighted by Gasteiger charge is -2.13. The molecule has 0 spiro atoms. The van der Waals surface area contributed by atoms with Gasteiger partial charge in [0.15, 0.2) is 5.11 Å². The molecule has 0 aromatic heterocycles. The zero-order valence-electron chi connectivity index (χ0n) is 13.8. The summed E-state index contributed by atoms with van der Waals surface area (Å²) >= 11 is 8.39. The average molecular weight is 439 g/mol. The number of carbonyl (C=O) groups is 2. The number of carboxylic acids is 1. The molecular weight excluding hydrogens is 424 g/mol. The zero-order valence-corrected chi connectivity index (χ0v) is 16.2. The van der Waals surface area contributed by atoms with E-state index < -0.39 is 11.9 Å².